The number of aromatic nitrogens is 1. The fourth-order valence-corrected chi connectivity index (χ4v) is 7.11. The van der Waals surface area contributed by atoms with E-state index in [1.165, 1.54) is 40.5 Å². The maximum atomic E-state index is 16.4. The molecule has 1 aromatic heterocycles. The molecule has 13 heteroatoms. The smallest absolute Gasteiger partial charge is 0.338 e. The molecule has 1 amide bonds. The van der Waals surface area contributed by atoms with E-state index >= 15 is 4.39 Å². The molecule has 4 heterocycles. The number of halogens is 2. The van der Waals surface area contributed by atoms with Gasteiger partial charge in [0, 0.05) is 61.5 Å². The van der Waals surface area contributed by atoms with Gasteiger partial charge in [-0.2, -0.15) is 0 Å². The molecule has 3 aliphatic rings. The van der Waals surface area contributed by atoms with Gasteiger partial charge in [-0.25, -0.2) is 23.4 Å². The zero-order valence-electron chi connectivity index (χ0n) is 25.5. The topological polar surface area (TPSA) is 124 Å². The highest BCUT2D eigenvalue weighted by atomic mass is 32.1. The Morgan fingerprint density at radius 3 is 2.65 bits per heavy atom. The lowest BCUT2D eigenvalue weighted by Crippen LogP contribution is -2.52. The van der Waals surface area contributed by atoms with Crippen LogP contribution in [-0.2, 0) is 14.3 Å². The Hall–Kier alpha value is -4.49. The number of carbonyl (C=O) groups is 3. The summed E-state index contributed by atoms with van der Waals surface area (Å²) >= 11 is 1.37. The van der Waals surface area contributed by atoms with Gasteiger partial charge in [0.2, 0.25) is 0 Å². The van der Waals surface area contributed by atoms with Crippen LogP contribution < -0.4 is 10.2 Å². The number of aryl methyl sites for hydroxylation is 2. The van der Waals surface area contributed by atoms with Crippen molar-refractivity contribution in [2.24, 2.45) is 10.9 Å². The van der Waals surface area contributed by atoms with Crippen LogP contribution >= 0.6 is 11.3 Å². The Morgan fingerprint density at radius 1 is 1.17 bits per heavy atom. The summed E-state index contributed by atoms with van der Waals surface area (Å²) in [5.41, 5.74) is 1.02. The number of benzene rings is 2. The summed E-state index contributed by atoms with van der Waals surface area (Å²) in [6.07, 6.45) is 1.60. The molecule has 3 aliphatic heterocycles. The number of anilines is 1. The van der Waals surface area contributed by atoms with Crippen molar-refractivity contribution in [2.75, 3.05) is 37.7 Å². The summed E-state index contributed by atoms with van der Waals surface area (Å²) in [6, 6.07) is 8.09. The molecule has 0 radical (unpaired) electrons. The average molecular weight is 650 g/mol. The second kappa shape index (κ2) is 12.4. The van der Waals surface area contributed by atoms with Crippen molar-refractivity contribution >= 4 is 40.7 Å². The van der Waals surface area contributed by atoms with E-state index in [1.807, 2.05) is 10.3 Å². The molecule has 3 atom stereocenters. The fourth-order valence-electron chi connectivity index (χ4n) is 6.52. The van der Waals surface area contributed by atoms with Crippen LogP contribution in [0.1, 0.15) is 51.4 Å². The second-order valence-electron chi connectivity index (χ2n) is 11.7. The minimum atomic E-state index is -2.07. The van der Waals surface area contributed by atoms with Crippen molar-refractivity contribution in [1.82, 2.24) is 15.2 Å². The predicted molar refractivity (Wildman–Crippen MR) is 168 cm³/mol. The van der Waals surface area contributed by atoms with E-state index < -0.39 is 41.3 Å². The van der Waals surface area contributed by atoms with Crippen LogP contribution in [0.4, 0.5) is 14.5 Å². The normalized spacial score (nSPS) is 23.2. The first kappa shape index (κ1) is 31.5. The molecule has 0 aliphatic carbocycles. The number of aliphatic imine (C=N–C) groups is 1. The van der Waals surface area contributed by atoms with Gasteiger partial charge in [-0.1, -0.05) is 6.07 Å². The Balaban J connectivity index is 1.32. The number of hydrogen-bond acceptors (Lipinski definition) is 9. The van der Waals surface area contributed by atoms with Crippen LogP contribution in [0.3, 0.4) is 0 Å². The van der Waals surface area contributed by atoms with E-state index in [-0.39, 0.29) is 50.3 Å². The summed E-state index contributed by atoms with van der Waals surface area (Å²) < 4.78 is 36.0. The van der Waals surface area contributed by atoms with Crippen LogP contribution in [0, 0.1) is 25.6 Å². The number of piperidine rings is 1. The summed E-state index contributed by atoms with van der Waals surface area (Å²) in [7, 11) is 0. The number of thiazole rings is 1. The fraction of sp³-hybridized carbons (Fsp3) is 0.364. The van der Waals surface area contributed by atoms with Crippen molar-refractivity contribution in [3.63, 3.8) is 0 Å². The molecule has 0 saturated carbocycles. The molecule has 2 aromatic carbocycles. The van der Waals surface area contributed by atoms with Crippen molar-refractivity contribution in [3.05, 3.63) is 92.3 Å². The zero-order chi connectivity index (χ0) is 32.7. The van der Waals surface area contributed by atoms with Gasteiger partial charge in [-0.3, -0.25) is 14.7 Å². The Bertz CT molecular complexity index is 1780. The van der Waals surface area contributed by atoms with Crippen LogP contribution in [0.2, 0.25) is 0 Å². The quantitative estimate of drug-likeness (QED) is 0.340. The van der Waals surface area contributed by atoms with E-state index in [0.717, 1.165) is 0 Å². The van der Waals surface area contributed by atoms with Crippen molar-refractivity contribution in [3.8, 4) is 0 Å². The number of aromatic carboxylic acids is 1. The molecule has 46 heavy (non-hydrogen) atoms. The lowest BCUT2D eigenvalue weighted by molar-refractivity contribution is -0.139. The van der Waals surface area contributed by atoms with Gasteiger partial charge in [-0.15, -0.1) is 11.3 Å². The molecule has 2 N–H and O–H groups in total. The van der Waals surface area contributed by atoms with Gasteiger partial charge in [0.15, 0.2) is 16.5 Å². The second-order valence-corrected chi connectivity index (χ2v) is 12.6. The number of carbonyl (C=O) groups excluding carboxylic acids is 2. The zero-order valence-corrected chi connectivity index (χ0v) is 26.4. The molecule has 0 spiro atoms. The average Bonchev–Trinajstić information content (AvgIpc) is 3.64. The van der Waals surface area contributed by atoms with Crippen molar-refractivity contribution in [2.45, 2.75) is 38.9 Å². The lowest BCUT2D eigenvalue weighted by atomic mass is 9.84. The Morgan fingerprint density at radius 2 is 1.98 bits per heavy atom. The molecule has 3 aromatic rings. The molecular weight excluding hydrogens is 616 g/mol. The molecule has 0 unspecified atom stereocenters. The first-order valence-corrected chi connectivity index (χ1v) is 15.9. The van der Waals surface area contributed by atoms with Crippen molar-refractivity contribution < 1.29 is 33.0 Å². The monoisotopic (exact) mass is 649 g/mol. The third-order valence-electron chi connectivity index (χ3n) is 8.84. The number of amidine groups is 1. The number of alkyl halides is 1. The molecule has 10 nitrogen and oxygen atoms in total. The molecule has 2 saturated heterocycles. The number of rotatable bonds is 8. The minimum absolute atomic E-state index is 0.0465. The van der Waals surface area contributed by atoms with Gasteiger partial charge in [-0.05, 0) is 67.8 Å². The number of carboxylic acids is 1. The molecular formula is C33H33F2N5O5S. The Kier molecular flexibility index (Phi) is 8.47. The minimum Gasteiger partial charge on any atom is -0.478 e. The number of ether oxygens (including phenoxy) is 1. The van der Waals surface area contributed by atoms with E-state index in [2.05, 4.69) is 10.3 Å². The first-order valence-electron chi connectivity index (χ1n) is 15.0. The van der Waals surface area contributed by atoms with Crippen molar-refractivity contribution in [1.29, 1.82) is 0 Å². The summed E-state index contributed by atoms with van der Waals surface area (Å²) in [5, 5.41) is 15.1. The number of nitrogens with zero attached hydrogens (tertiary/aromatic N) is 4. The number of carboxylic acid groups (broad SMARTS) is 1. The predicted octanol–water partition coefficient (Wildman–Crippen LogP) is 4.58. The number of hydrogen-bond donors (Lipinski definition) is 2. The SMILES string of the molecule is CCOC(=O)C1=C(CN2CC[C@]3(F)C(=O)N(c4ccc(C(=O)O)c(C)c4)C[C@@H]3C2)NC(c2nccs2)=N[C@H]1c1ccc(F)cc1C. The van der Waals surface area contributed by atoms with Gasteiger partial charge in [0.1, 0.15) is 11.9 Å². The molecule has 240 valence electrons. The number of likely N-dealkylation sites (tertiary alicyclic amines) is 1. The largest absolute Gasteiger partial charge is 0.478 e. The third-order valence-corrected chi connectivity index (χ3v) is 9.62. The van der Waals surface area contributed by atoms with Crippen LogP contribution in [0.25, 0.3) is 0 Å². The number of esters is 1. The highest BCUT2D eigenvalue weighted by Gasteiger charge is 2.57. The number of nitrogens with one attached hydrogen (secondary N) is 1. The Labute approximate surface area is 268 Å². The van der Waals surface area contributed by atoms with Crippen LogP contribution in [0.5, 0.6) is 0 Å². The van der Waals surface area contributed by atoms with Gasteiger partial charge in [0.05, 0.1) is 17.7 Å². The summed E-state index contributed by atoms with van der Waals surface area (Å²) in [4.78, 5) is 51.1. The van der Waals surface area contributed by atoms with Gasteiger partial charge < -0.3 is 20.1 Å². The highest BCUT2D eigenvalue weighted by molar-refractivity contribution is 7.11. The number of fused-ring (bicyclic) bond motifs is 1. The van der Waals surface area contributed by atoms with E-state index in [4.69, 9.17) is 9.73 Å². The first-order chi connectivity index (χ1) is 22.0. The maximum absolute atomic E-state index is 16.4. The molecule has 6 rings (SSSR count). The molecule has 2 fully saturated rings. The lowest BCUT2D eigenvalue weighted by Gasteiger charge is -2.38. The molecule has 0 bridgehead atoms. The third kappa shape index (κ3) is 5.69. The summed E-state index contributed by atoms with van der Waals surface area (Å²) in [6.45, 7) is 6.05. The standard InChI is InChI=1S/C33H33F2N5O5S/c1-4-45-31(43)26-25(37-28(29-36-10-12-46-29)38-27(26)23-7-5-21(34)13-18(23)2)17-39-11-9-33(35)20(15-39)16-40(32(33)44)22-6-8-24(30(41)42)19(3)14-22/h5-8,10,12-14,20,27H,4,9,11,15-17H2,1-3H3,(H,37,38)(H,41,42)/t20-,27-,33+/m0/s1. The number of amides is 1. The van der Waals surface area contributed by atoms with E-state index in [1.54, 1.807) is 39.1 Å². The van der Waals surface area contributed by atoms with E-state index in [9.17, 15) is 23.9 Å². The maximum Gasteiger partial charge on any atom is 0.338 e. The summed E-state index contributed by atoms with van der Waals surface area (Å²) in [5.74, 6) is -2.89. The van der Waals surface area contributed by atoms with E-state index in [0.29, 0.717) is 38.9 Å². The van der Waals surface area contributed by atoms with Gasteiger partial charge >= 0.3 is 11.9 Å². The highest BCUT2D eigenvalue weighted by Crippen LogP contribution is 2.42. The van der Waals surface area contributed by atoms with Gasteiger partial charge in [0.25, 0.3) is 5.91 Å². The van der Waals surface area contributed by atoms with Crippen LogP contribution in [-0.4, -0.2) is 77.1 Å². The van der Waals surface area contributed by atoms with Crippen LogP contribution in [0.15, 0.2) is 64.2 Å².